The van der Waals surface area contributed by atoms with Crippen LogP contribution in [0.25, 0.3) is 11.1 Å². The molecular formula is C13H18N4O2. The number of hydrogen-bond acceptors (Lipinski definition) is 5. The molecule has 0 atom stereocenters. The zero-order chi connectivity index (χ0) is 13.8. The van der Waals surface area contributed by atoms with Crippen LogP contribution in [0.5, 0.6) is 0 Å². The Bertz CT molecular complexity index is 592. The third-order valence-electron chi connectivity index (χ3n) is 2.91. The molecule has 2 aromatic rings. The fourth-order valence-electron chi connectivity index (χ4n) is 1.96. The molecule has 0 aliphatic heterocycles. The summed E-state index contributed by atoms with van der Waals surface area (Å²) in [5.41, 5.74) is 7.79. The van der Waals surface area contributed by atoms with Crippen molar-refractivity contribution in [1.29, 1.82) is 0 Å². The zero-order valence-electron chi connectivity index (χ0n) is 11.2. The molecular weight excluding hydrogens is 244 g/mol. The second kappa shape index (κ2) is 5.79. The third kappa shape index (κ3) is 2.90. The molecule has 2 heterocycles. The normalized spacial score (nSPS) is 10.9. The predicted octanol–water partition coefficient (Wildman–Crippen LogP) is 1.31. The number of unbranched alkanes of at least 4 members (excludes halogenated alkanes) is 1. The number of carbonyl (C=O) groups excluding carboxylic acids is 1. The van der Waals surface area contributed by atoms with Crippen LogP contribution in [0.4, 0.5) is 0 Å². The van der Waals surface area contributed by atoms with Crippen LogP contribution in [0.2, 0.25) is 0 Å². The van der Waals surface area contributed by atoms with Gasteiger partial charge in [0.2, 0.25) is 0 Å². The summed E-state index contributed by atoms with van der Waals surface area (Å²) in [7, 11) is 0. The molecule has 0 saturated heterocycles. The lowest BCUT2D eigenvalue weighted by atomic mass is 10.1. The van der Waals surface area contributed by atoms with Crippen LogP contribution in [-0.4, -0.2) is 29.1 Å². The molecule has 0 radical (unpaired) electrons. The van der Waals surface area contributed by atoms with Gasteiger partial charge in [0, 0.05) is 12.2 Å². The minimum Gasteiger partial charge on any atom is -0.352 e. The van der Waals surface area contributed by atoms with Crippen LogP contribution in [0.15, 0.2) is 10.6 Å². The lowest BCUT2D eigenvalue weighted by molar-refractivity contribution is 0.0954. The Labute approximate surface area is 111 Å². The van der Waals surface area contributed by atoms with E-state index < -0.39 is 0 Å². The van der Waals surface area contributed by atoms with Gasteiger partial charge in [0.05, 0.1) is 16.6 Å². The molecule has 102 valence electrons. The summed E-state index contributed by atoms with van der Waals surface area (Å²) >= 11 is 0. The Morgan fingerprint density at radius 3 is 2.95 bits per heavy atom. The van der Waals surface area contributed by atoms with Crippen molar-refractivity contribution < 1.29 is 9.32 Å². The highest BCUT2D eigenvalue weighted by Gasteiger charge is 2.17. The highest BCUT2D eigenvalue weighted by Crippen LogP contribution is 2.21. The number of aryl methyl sites for hydroxylation is 2. The second-order valence-corrected chi connectivity index (χ2v) is 4.51. The van der Waals surface area contributed by atoms with Crippen molar-refractivity contribution in [2.75, 3.05) is 13.1 Å². The molecule has 0 unspecified atom stereocenters. The summed E-state index contributed by atoms with van der Waals surface area (Å²) in [5, 5.41) is 7.42. The summed E-state index contributed by atoms with van der Waals surface area (Å²) in [4.78, 5) is 16.4. The molecule has 1 amide bonds. The van der Waals surface area contributed by atoms with Gasteiger partial charge in [-0.15, -0.1) is 0 Å². The first-order chi connectivity index (χ1) is 9.13. The Morgan fingerprint density at radius 1 is 1.42 bits per heavy atom. The number of aromatic nitrogens is 2. The number of nitrogens with two attached hydrogens (primary N) is 1. The van der Waals surface area contributed by atoms with Crippen LogP contribution < -0.4 is 11.1 Å². The van der Waals surface area contributed by atoms with Gasteiger partial charge in [-0.3, -0.25) is 4.79 Å². The van der Waals surface area contributed by atoms with Crippen LogP contribution in [0.3, 0.4) is 0 Å². The number of fused-ring (bicyclic) bond motifs is 1. The molecule has 2 rings (SSSR count). The van der Waals surface area contributed by atoms with Gasteiger partial charge >= 0.3 is 0 Å². The monoisotopic (exact) mass is 262 g/mol. The fourth-order valence-corrected chi connectivity index (χ4v) is 1.96. The SMILES string of the molecule is Cc1cc(C(=O)NCCCCN)c2c(C)noc2n1. The average Bonchev–Trinajstić information content (AvgIpc) is 2.75. The van der Waals surface area contributed by atoms with Gasteiger partial charge in [-0.1, -0.05) is 5.16 Å². The molecule has 0 spiro atoms. The molecule has 0 bridgehead atoms. The molecule has 0 aromatic carbocycles. The minimum absolute atomic E-state index is 0.126. The number of amides is 1. The fraction of sp³-hybridized carbons (Fsp3) is 0.462. The van der Waals surface area contributed by atoms with E-state index in [0.717, 1.165) is 18.5 Å². The largest absolute Gasteiger partial charge is 0.352 e. The van der Waals surface area contributed by atoms with Crippen molar-refractivity contribution in [2.24, 2.45) is 5.73 Å². The molecule has 0 fully saturated rings. The Hall–Kier alpha value is -1.95. The number of rotatable bonds is 5. The van der Waals surface area contributed by atoms with Crippen molar-refractivity contribution in [3.8, 4) is 0 Å². The van der Waals surface area contributed by atoms with E-state index >= 15 is 0 Å². The summed E-state index contributed by atoms with van der Waals surface area (Å²) in [6, 6.07) is 1.75. The zero-order valence-corrected chi connectivity index (χ0v) is 11.2. The van der Waals surface area contributed by atoms with Crippen molar-refractivity contribution in [2.45, 2.75) is 26.7 Å². The van der Waals surface area contributed by atoms with E-state index in [4.69, 9.17) is 10.3 Å². The maximum atomic E-state index is 12.2. The molecule has 6 heteroatoms. The summed E-state index contributed by atoms with van der Waals surface area (Å²) < 4.78 is 5.11. The highest BCUT2D eigenvalue weighted by atomic mass is 16.5. The van der Waals surface area contributed by atoms with Gasteiger partial charge in [-0.25, -0.2) is 4.98 Å². The molecule has 0 aliphatic rings. The first kappa shape index (κ1) is 13.5. The van der Waals surface area contributed by atoms with Crippen LogP contribution >= 0.6 is 0 Å². The maximum absolute atomic E-state index is 12.2. The van der Waals surface area contributed by atoms with E-state index in [1.54, 1.807) is 13.0 Å². The van der Waals surface area contributed by atoms with Crippen molar-refractivity contribution >= 4 is 17.0 Å². The summed E-state index contributed by atoms with van der Waals surface area (Å²) in [6.45, 7) is 4.87. The number of pyridine rings is 1. The number of nitrogens with one attached hydrogen (secondary N) is 1. The lowest BCUT2D eigenvalue weighted by Gasteiger charge is -2.06. The van der Waals surface area contributed by atoms with Crippen molar-refractivity contribution in [3.63, 3.8) is 0 Å². The summed E-state index contributed by atoms with van der Waals surface area (Å²) in [6.07, 6.45) is 1.77. The van der Waals surface area contributed by atoms with Crippen LogP contribution in [-0.2, 0) is 0 Å². The number of hydrogen-bond donors (Lipinski definition) is 2. The first-order valence-corrected chi connectivity index (χ1v) is 6.35. The second-order valence-electron chi connectivity index (χ2n) is 4.51. The van der Waals surface area contributed by atoms with E-state index in [1.807, 2.05) is 6.92 Å². The smallest absolute Gasteiger partial charge is 0.258 e. The minimum atomic E-state index is -0.126. The van der Waals surface area contributed by atoms with E-state index in [1.165, 1.54) is 0 Å². The summed E-state index contributed by atoms with van der Waals surface area (Å²) in [5.74, 6) is -0.126. The first-order valence-electron chi connectivity index (χ1n) is 6.35. The molecule has 2 aromatic heterocycles. The van der Waals surface area contributed by atoms with Gasteiger partial charge in [-0.05, 0) is 39.3 Å². The molecule has 0 saturated carbocycles. The number of carbonyl (C=O) groups is 1. The van der Waals surface area contributed by atoms with E-state index in [9.17, 15) is 4.79 Å². The quantitative estimate of drug-likeness (QED) is 0.792. The van der Waals surface area contributed by atoms with E-state index in [-0.39, 0.29) is 5.91 Å². The highest BCUT2D eigenvalue weighted by molar-refractivity contribution is 6.05. The molecule has 6 nitrogen and oxygen atoms in total. The van der Waals surface area contributed by atoms with Gasteiger partial charge in [-0.2, -0.15) is 0 Å². The number of nitrogens with zero attached hydrogens (tertiary/aromatic N) is 2. The van der Waals surface area contributed by atoms with Crippen molar-refractivity contribution in [3.05, 3.63) is 23.0 Å². The third-order valence-corrected chi connectivity index (χ3v) is 2.91. The topological polar surface area (TPSA) is 94.0 Å². The van der Waals surface area contributed by atoms with E-state index in [2.05, 4.69) is 15.5 Å². The van der Waals surface area contributed by atoms with Crippen LogP contribution in [0.1, 0.15) is 34.6 Å². The van der Waals surface area contributed by atoms with Crippen LogP contribution in [0, 0.1) is 13.8 Å². The maximum Gasteiger partial charge on any atom is 0.258 e. The Kier molecular flexibility index (Phi) is 4.11. The Balaban J connectivity index is 2.23. The predicted molar refractivity (Wildman–Crippen MR) is 71.9 cm³/mol. The molecule has 0 aliphatic carbocycles. The van der Waals surface area contributed by atoms with Gasteiger partial charge in [0.15, 0.2) is 0 Å². The van der Waals surface area contributed by atoms with E-state index in [0.29, 0.717) is 35.4 Å². The standard InChI is InChI=1S/C13H18N4O2/c1-8-7-10(12(18)15-6-4-3-5-14)11-9(2)17-19-13(11)16-8/h7H,3-6,14H2,1-2H3,(H,15,18). The molecule has 3 N–H and O–H groups in total. The lowest BCUT2D eigenvalue weighted by Crippen LogP contribution is -2.25. The average molecular weight is 262 g/mol. The van der Waals surface area contributed by atoms with Crippen molar-refractivity contribution in [1.82, 2.24) is 15.5 Å². The Morgan fingerprint density at radius 2 is 2.21 bits per heavy atom. The van der Waals surface area contributed by atoms with Gasteiger partial charge in [0.25, 0.3) is 11.6 Å². The van der Waals surface area contributed by atoms with Gasteiger partial charge < -0.3 is 15.6 Å². The molecule has 19 heavy (non-hydrogen) atoms. The van der Waals surface area contributed by atoms with Gasteiger partial charge in [0.1, 0.15) is 0 Å².